The fourth-order valence-electron chi connectivity index (χ4n) is 2.45. The summed E-state index contributed by atoms with van der Waals surface area (Å²) >= 11 is 0. The first-order valence-corrected chi connectivity index (χ1v) is 8.50. The number of nitrogens with zero attached hydrogens (tertiary/aromatic N) is 2. The van der Waals surface area contributed by atoms with Crippen molar-refractivity contribution >= 4 is 5.91 Å². The fraction of sp³-hybridized carbons (Fsp3) is 0.211. The van der Waals surface area contributed by atoms with Gasteiger partial charge in [-0.25, -0.2) is 4.98 Å². The number of carbonyl (C=O) groups is 1. The molecular formula is C19H17F3N4O3. The van der Waals surface area contributed by atoms with Gasteiger partial charge in [0.1, 0.15) is 5.75 Å². The van der Waals surface area contributed by atoms with E-state index in [1.165, 1.54) is 31.6 Å². The number of H-pyrrole nitrogens is 1. The predicted octanol–water partition coefficient (Wildman–Crippen LogP) is 3.66. The second kappa shape index (κ2) is 8.74. The molecule has 0 aliphatic rings. The average Bonchev–Trinajstić information content (AvgIpc) is 3.23. The predicted molar refractivity (Wildman–Crippen MR) is 97.5 cm³/mol. The minimum atomic E-state index is -4.43. The standard InChI is InChI=1S/C19H17F3N4O3/c1-28-9-8-23-17(27)12-10-15(16-6-7-25-26-16)18(24-11-12)29-14-4-2-13(3-5-14)19(20,21)22/h2-7,10-11H,8-9H2,1H3,(H,23,27)(H,25,26). The van der Waals surface area contributed by atoms with Crippen molar-refractivity contribution in [1.29, 1.82) is 0 Å². The highest BCUT2D eigenvalue weighted by Gasteiger charge is 2.30. The molecule has 0 aliphatic carbocycles. The maximum Gasteiger partial charge on any atom is 0.416 e. The van der Waals surface area contributed by atoms with Crippen LogP contribution in [-0.4, -0.2) is 41.3 Å². The van der Waals surface area contributed by atoms with Crippen LogP contribution in [0.15, 0.2) is 48.8 Å². The Morgan fingerprint density at radius 2 is 1.97 bits per heavy atom. The van der Waals surface area contributed by atoms with Crippen LogP contribution in [-0.2, 0) is 10.9 Å². The van der Waals surface area contributed by atoms with E-state index in [0.717, 1.165) is 12.1 Å². The van der Waals surface area contributed by atoms with Gasteiger partial charge in [-0.05, 0) is 36.4 Å². The van der Waals surface area contributed by atoms with Gasteiger partial charge in [-0.1, -0.05) is 0 Å². The summed E-state index contributed by atoms with van der Waals surface area (Å²) in [6.45, 7) is 0.695. The number of aromatic amines is 1. The third-order valence-electron chi connectivity index (χ3n) is 3.89. The molecule has 0 aliphatic heterocycles. The van der Waals surface area contributed by atoms with Gasteiger partial charge in [-0.3, -0.25) is 9.89 Å². The first-order chi connectivity index (χ1) is 13.9. The van der Waals surface area contributed by atoms with Crippen LogP contribution in [0, 0.1) is 0 Å². The summed E-state index contributed by atoms with van der Waals surface area (Å²) in [7, 11) is 1.53. The Kier molecular flexibility index (Phi) is 6.13. The number of amides is 1. The number of benzene rings is 1. The lowest BCUT2D eigenvalue weighted by atomic mass is 10.1. The molecule has 152 valence electrons. The summed E-state index contributed by atoms with van der Waals surface area (Å²) in [5.74, 6) is -0.0672. The number of nitrogens with one attached hydrogen (secondary N) is 2. The monoisotopic (exact) mass is 406 g/mol. The Labute approximate surface area is 163 Å². The molecule has 29 heavy (non-hydrogen) atoms. The van der Waals surface area contributed by atoms with E-state index < -0.39 is 11.7 Å². The Morgan fingerprint density at radius 1 is 1.21 bits per heavy atom. The third kappa shape index (κ3) is 5.11. The topological polar surface area (TPSA) is 89.1 Å². The highest BCUT2D eigenvalue weighted by Crippen LogP contribution is 2.34. The molecule has 0 radical (unpaired) electrons. The number of ether oxygens (including phenoxy) is 2. The van der Waals surface area contributed by atoms with Gasteiger partial charge in [0, 0.05) is 26.0 Å². The van der Waals surface area contributed by atoms with Crippen LogP contribution in [0.3, 0.4) is 0 Å². The number of carbonyl (C=O) groups excluding carboxylic acids is 1. The van der Waals surface area contributed by atoms with E-state index in [-0.39, 0.29) is 23.1 Å². The van der Waals surface area contributed by atoms with Crippen molar-refractivity contribution < 1.29 is 27.4 Å². The Bertz CT molecular complexity index is 958. The van der Waals surface area contributed by atoms with E-state index in [1.807, 2.05) is 0 Å². The summed E-state index contributed by atoms with van der Waals surface area (Å²) in [6.07, 6.45) is -1.60. The zero-order valence-corrected chi connectivity index (χ0v) is 15.3. The third-order valence-corrected chi connectivity index (χ3v) is 3.89. The molecule has 3 rings (SSSR count). The molecule has 0 atom stereocenters. The van der Waals surface area contributed by atoms with Gasteiger partial charge >= 0.3 is 6.18 Å². The fourth-order valence-corrected chi connectivity index (χ4v) is 2.45. The number of alkyl halides is 3. The van der Waals surface area contributed by atoms with Crippen LogP contribution in [0.1, 0.15) is 15.9 Å². The lowest BCUT2D eigenvalue weighted by Crippen LogP contribution is -2.27. The van der Waals surface area contributed by atoms with E-state index in [0.29, 0.717) is 24.4 Å². The number of methoxy groups -OCH3 is 1. The van der Waals surface area contributed by atoms with Gasteiger partial charge < -0.3 is 14.8 Å². The second-order valence-corrected chi connectivity index (χ2v) is 5.92. The molecule has 3 aromatic rings. The van der Waals surface area contributed by atoms with Crippen molar-refractivity contribution in [1.82, 2.24) is 20.5 Å². The number of aromatic nitrogens is 3. The highest BCUT2D eigenvalue weighted by molar-refractivity contribution is 5.95. The Morgan fingerprint density at radius 3 is 2.59 bits per heavy atom. The minimum Gasteiger partial charge on any atom is -0.438 e. The van der Waals surface area contributed by atoms with Crippen LogP contribution in [0.2, 0.25) is 0 Å². The SMILES string of the molecule is COCCNC(=O)c1cnc(Oc2ccc(C(F)(F)F)cc2)c(-c2ccn[nH]2)c1. The molecule has 0 spiro atoms. The number of pyridine rings is 1. The molecule has 2 heterocycles. The van der Waals surface area contributed by atoms with Gasteiger partial charge in [-0.2, -0.15) is 18.3 Å². The summed E-state index contributed by atoms with van der Waals surface area (Å²) in [5.41, 5.74) is 0.466. The van der Waals surface area contributed by atoms with E-state index in [2.05, 4.69) is 20.5 Å². The van der Waals surface area contributed by atoms with Crippen molar-refractivity contribution in [2.75, 3.05) is 20.3 Å². The number of hydrogen-bond acceptors (Lipinski definition) is 5. The molecule has 10 heteroatoms. The normalized spacial score (nSPS) is 11.3. The minimum absolute atomic E-state index is 0.113. The first-order valence-electron chi connectivity index (χ1n) is 8.50. The van der Waals surface area contributed by atoms with Gasteiger partial charge in [0.25, 0.3) is 5.91 Å². The van der Waals surface area contributed by atoms with E-state index in [9.17, 15) is 18.0 Å². The molecule has 0 saturated carbocycles. The molecule has 0 fully saturated rings. The van der Waals surface area contributed by atoms with Crippen LogP contribution in [0.5, 0.6) is 11.6 Å². The largest absolute Gasteiger partial charge is 0.438 e. The first kappa shape index (κ1) is 20.3. The zero-order chi connectivity index (χ0) is 20.9. The molecule has 2 N–H and O–H groups in total. The summed E-state index contributed by atoms with van der Waals surface area (Å²) in [5, 5.41) is 9.31. The average molecular weight is 406 g/mol. The van der Waals surface area contributed by atoms with Crippen LogP contribution < -0.4 is 10.1 Å². The van der Waals surface area contributed by atoms with Gasteiger partial charge in [0.05, 0.1) is 29.0 Å². The van der Waals surface area contributed by atoms with Crippen molar-refractivity contribution in [3.8, 4) is 22.9 Å². The Hall–Kier alpha value is -3.40. The van der Waals surface area contributed by atoms with Crippen molar-refractivity contribution in [2.24, 2.45) is 0 Å². The molecule has 7 nitrogen and oxygen atoms in total. The number of halogens is 3. The maximum absolute atomic E-state index is 12.7. The quantitative estimate of drug-likeness (QED) is 0.585. The van der Waals surface area contributed by atoms with Crippen molar-refractivity contribution in [2.45, 2.75) is 6.18 Å². The summed E-state index contributed by atoms with van der Waals surface area (Å²) in [6, 6.07) is 7.45. The maximum atomic E-state index is 12.7. The highest BCUT2D eigenvalue weighted by atomic mass is 19.4. The molecule has 2 aromatic heterocycles. The number of rotatable bonds is 7. The molecule has 0 bridgehead atoms. The van der Waals surface area contributed by atoms with E-state index in [1.54, 1.807) is 12.1 Å². The van der Waals surface area contributed by atoms with Gasteiger partial charge in [0.2, 0.25) is 5.88 Å². The molecule has 1 aromatic carbocycles. The van der Waals surface area contributed by atoms with Crippen LogP contribution in [0.4, 0.5) is 13.2 Å². The van der Waals surface area contributed by atoms with Crippen molar-refractivity contribution in [3.05, 3.63) is 59.9 Å². The molecule has 1 amide bonds. The molecule has 0 unspecified atom stereocenters. The Balaban J connectivity index is 1.87. The van der Waals surface area contributed by atoms with Crippen LogP contribution in [0.25, 0.3) is 11.3 Å². The second-order valence-electron chi connectivity index (χ2n) is 5.92. The zero-order valence-electron chi connectivity index (χ0n) is 15.3. The van der Waals surface area contributed by atoms with E-state index >= 15 is 0 Å². The van der Waals surface area contributed by atoms with Crippen molar-refractivity contribution in [3.63, 3.8) is 0 Å². The summed E-state index contributed by atoms with van der Waals surface area (Å²) < 4.78 is 48.7. The van der Waals surface area contributed by atoms with E-state index in [4.69, 9.17) is 9.47 Å². The number of hydrogen-bond donors (Lipinski definition) is 2. The summed E-state index contributed by atoms with van der Waals surface area (Å²) in [4.78, 5) is 16.4. The molecule has 0 saturated heterocycles. The smallest absolute Gasteiger partial charge is 0.416 e. The lowest BCUT2D eigenvalue weighted by Gasteiger charge is -2.12. The van der Waals surface area contributed by atoms with Gasteiger partial charge in [-0.15, -0.1) is 0 Å². The van der Waals surface area contributed by atoms with Crippen LogP contribution >= 0.6 is 0 Å². The molecular weight excluding hydrogens is 389 g/mol. The lowest BCUT2D eigenvalue weighted by molar-refractivity contribution is -0.137. The van der Waals surface area contributed by atoms with Gasteiger partial charge in [0.15, 0.2) is 0 Å².